The molecule has 1 aliphatic heterocycles. The van der Waals surface area contributed by atoms with Crippen molar-refractivity contribution < 1.29 is 4.74 Å². The van der Waals surface area contributed by atoms with Gasteiger partial charge in [0.25, 0.3) is 0 Å². The van der Waals surface area contributed by atoms with Crippen LogP contribution in [0.4, 0.5) is 5.82 Å². The summed E-state index contributed by atoms with van der Waals surface area (Å²) in [5, 5.41) is 4.36. The Morgan fingerprint density at radius 3 is 2.86 bits per heavy atom. The molecular weight excluding hydrogens is 178 g/mol. The Morgan fingerprint density at radius 2 is 2.29 bits per heavy atom. The zero-order valence-electron chi connectivity index (χ0n) is 8.57. The Kier molecular flexibility index (Phi) is 2.72. The molecule has 1 aromatic rings. The van der Waals surface area contributed by atoms with Gasteiger partial charge in [-0.15, -0.1) is 0 Å². The van der Waals surface area contributed by atoms with Crippen molar-refractivity contribution in [2.75, 3.05) is 18.9 Å². The summed E-state index contributed by atoms with van der Waals surface area (Å²) >= 11 is 0. The standard InChI is InChI=1S/C10H17N3O/c1-13-10(11)7-9(12-13)6-8-2-4-14-5-3-8/h7-8H,2-6,11H2,1H3. The minimum absolute atomic E-state index is 0.720. The number of nitrogen functional groups attached to an aromatic ring is 1. The molecular formula is C10H17N3O. The lowest BCUT2D eigenvalue weighted by molar-refractivity contribution is 0.0662. The summed E-state index contributed by atoms with van der Waals surface area (Å²) in [6.45, 7) is 1.79. The molecule has 78 valence electrons. The largest absolute Gasteiger partial charge is 0.384 e. The molecule has 0 unspecified atom stereocenters. The fourth-order valence-corrected chi connectivity index (χ4v) is 1.89. The summed E-state index contributed by atoms with van der Waals surface area (Å²) in [6.07, 6.45) is 3.33. The highest BCUT2D eigenvalue weighted by Crippen LogP contribution is 2.19. The third kappa shape index (κ3) is 2.07. The van der Waals surface area contributed by atoms with Crippen molar-refractivity contribution in [3.8, 4) is 0 Å². The molecule has 14 heavy (non-hydrogen) atoms. The first kappa shape index (κ1) is 9.52. The molecule has 0 radical (unpaired) electrons. The molecule has 0 saturated carbocycles. The van der Waals surface area contributed by atoms with Crippen LogP contribution in [0.2, 0.25) is 0 Å². The van der Waals surface area contributed by atoms with E-state index in [4.69, 9.17) is 10.5 Å². The normalized spacial score (nSPS) is 18.6. The van der Waals surface area contributed by atoms with Gasteiger partial charge in [-0.25, -0.2) is 0 Å². The maximum Gasteiger partial charge on any atom is 0.121 e. The molecule has 0 amide bonds. The van der Waals surface area contributed by atoms with Gasteiger partial charge in [-0.3, -0.25) is 4.68 Å². The van der Waals surface area contributed by atoms with E-state index in [0.29, 0.717) is 0 Å². The smallest absolute Gasteiger partial charge is 0.121 e. The highest BCUT2D eigenvalue weighted by atomic mass is 16.5. The van der Waals surface area contributed by atoms with E-state index >= 15 is 0 Å². The first-order valence-corrected chi connectivity index (χ1v) is 5.12. The van der Waals surface area contributed by atoms with E-state index in [-0.39, 0.29) is 0 Å². The first-order chi connectivity index (χ1) is 6.75. The minimum atomic E-state index is 0.720. The summed E-state index contributed by atoms with van der Waals surface area (Å²) in [5.74, 6) is 1.46. The van der Waals surface area contributed by atoms with Crippen LogP contribution in [0.25, 0.3) is 0 Å². The minimum Gasteiger partial charge on any atom is -0.384 e. The van der Waals surface area contributed by atoms with Gasteiger partial charge in [0, 0.05) is 26.3 Å². The Bertz CT molecular complexity index is 283. The summed E-state index contributed by atoms with van der Waals surface area (Å²) in [6, 6.07) is 1.97. The lowest BCUT2D eigenvalue weighted by Crippen LogP contribution is -2.17. The van der Waals surface area contributed by atoms with Crippen molar-refractivity contribution in [3.05, 3.63) is 11.8 Å². The number of hydrogen-bond acceptors (Lipinski definition) is 3. The average Bonchev–Trinajstić information content (AvgIpc) is 2.47. The first-order valence-electron chi connectivity index (χ1n) is 5.12. The van der Waals surface area contributed by atoms with Gasteiger partial charge in [0.1, 0.15) is 5.82 Å². The molecule has 1 aromatic heterocycles. The van der Waals surface area contributed by atoms with Crippen LogP contribution in [0.15, 0.2) is 6.07 Å². The van der Waals surface area contributed by atoms with Gasteiger partial charge in [0.05, 0.1) is 5.69 Å². The summed E-state index contributed by atoms with van der Waals surface area (Å²) in [4.78, 5) is 0. The average molecular weight is 195 g/mol. The second-order valence-corrected chi connectivity index (χ2v) is 3.94. The predicted molar refractivity (Wildman–Crippen MR) is 54.9 cm³/mol. The van der Waals surface area contributed by atoms with Crippen LogP contribution in [0.3, 0.4) is 0 Å². The number of aromatic nitrogens is 2. The fraction of sp³-hybridized carbons (Fsp3) is 0.700. The fourth-order valence-electron chi connectivity index (χ4n) is 1.89. The third-order valence-electron chi connectivity index (χ3n) is 2.81. The summed E-state index contributed by atoms with van der Waals surface area (Å²) in [5.41, 5.74) is 6.83. The van der Waals surface area contributed by atoms with Gasteiger partial charge in [-0.2, -0.15) is 5.10 Å². The van der Waals surface area contributed by atoms with Crippen molar-refractivity contribution in [1.82, 2.24) is 9.78 Å². The lowest BCUT2D eigenvalue weighted by atomic mass is 9.95. The number of nitrogens with two attached hydrogens (primary N) is 1. The number of anilines is 1. The van der Waals surface area contributed by atoms with E-state index in [1.807, 2.05) is 13.1 Å². The van der Waals surface area contributed by atoms with Gasteiger partial charge in [0.2, 0.25) is 0 Å². The van der Waals surface area contributed by atoms with Crippen LogP contribution in [-0.4, -0.2) is 23.0 Å². The second kappa shape index (κ2) is 4.00. The highest BCUT2D eigenvalue weighted by molar-refractivity contribution is 5.30. The van der Waals surface area contributed by atoms with Crippen molar-refractivity contribution >= 4 is 5.82 Å². The molecule has 1 aliphatic rings. The SMILES string of the molecule is Cn1nc(CC2CCOCC2)cc1N. The molecule has 1 fully saturated rings. The Morgan fingerprint density at radius 1 is 1.57 bits per heavy atom. The molecule has 0 aromatic carbocycles. The topological polar surface area (TPSA) is 53.1 Å². The van der Waals surface area contributed by atoms with Crippen LogP contribution in [-0.2, 0) is 18.2 Å². The summed E-state index contributed by atoms with van der Waals surface area (Å²) in [7, 11) is 1.88. The van der Waals surface area contributed by atoms with Crippen molar-refractivity contribution in [2.45, 2.75) is 19.3 Å². The maximum absolute atomic E-state index is 5.72. The van der Waals surface area contributed by atoms with Crippen molar-refractivity contribution in [3.63, 3.8) is 0 Å². The molecule has 2 rings (SSSR count). The summed E-state index contributed by atoms with van der Waals surface area (Å²) < 4.78 is 7.05. The number of rotatable bonds is 2. The Labute approximate surface area is 84.0 Å². The van der Waals surface area contributed by atoms with E-state index in [0.717, 1.165) is 49.9 Å². The molecule has 1 saturated heterocycles. The zero-order valence-corrected chi connectivity index (χ0v) is 8.57. The molecule has 4 nitrogen and oxygen atoms in total. The Balaban J connectivity index is 1.95. The molecule has 0 atom stereocenters. The van der Waals surface area contributed by atoms with Crippen LogP contribution >= 0.6 is 0 Å². The monoisotopic (exact) mass is 195 g/mol. The molecule has 0 bridgehead atoms. The molecule has 2 N–H and O–H groups in total. The van der Waals surface area contributed by atoms with Gasteiger partial charge in [-0.1, -0.05) is 0 Å². The number of aryl methyl sites for hydroxylation is 1. The van der Waals surface area contributed by atoms with E-state index in [1.54, 1.807) is 4.68 Å². The van der Waals surface area contributed by atoms with Crippen LogP contribution in [0.1, 0.15) is 18.5 Å². The van der Waals surface area contributed by atoms with Crippen molar-refractivity contribution in [2.24, 2.45) is 13.0 Å². The van der Waals surface area contributed by atoms with Gasteiger partial charge in [-0.05, 0) is 25.2 Å². The molecule has 0 aliphatic carbocycles. The number of nitrogens with zero attached hydrogens (tertiary/aromatic N) is 2. The predicted octanol–water partition coefficient (Wildman–Crippen LogP) is 0.971. The molecule has 2 heterocycles. The van der Waals surface area contributed by atoms with Crippen LogP contribution in [0, 0.1) is 5.92 Å². The maximum atomic E-state index is 5.72. The number of ether oxygens (including phenoxy) is 1. The van der Waals surface area contributed by atoms with Crippen LogP contribution in [0.5, 0.6) is 0 Å². The number of hydrogen-bond donors (Lipinski definition) is 1. The Hall–Kier alpha value is -1.03. The third-order valence-corrected chi connectivity index (χ3v) is 2.81. The lowest BCUT2D eigenvalue weighted by Gasteiger charge is -2.20. The van der Waals surface area contributed by atoms with Crippen molar-refractivity contribution in [1.29, 1.82) is 0 Å². The molecule has 4 heteroatoms. The molecule has 0 spiro atoms. The quantitative estimate of drug-likeness (QED) is 0.765. The highest BCUT2D eigenvalue weighted by Gasteiger charge is 2.15. The van der Waals surface area contributed by atoms with Gasteiger partial charge < -0.3 is 10.5 Å². The van der Waals surface area contributed by atoms with Crippen LogP contribution < -0.4 is 5.73 Å². The van der Waals surface area contributed by atoms with Gasteiger partial charge >= 0.3 is 0 Å². The van der Waals surface area contributed by atoms with E-state index in [2.05, 4.69) is 5.10 Å². The van der Waals surface area contributed by atoms with E-state index < -0.39 is 0 Å². The van der Waals surface area contributed by atoms with Gasteiger partial charge in [0.15, 0.2) is 0 Å². The van der Waals surface area contributed by atoms with E-state index in [9.17, 15) is 0 Å². The van der Waals surface area contributed by atoms with E-state index in [1.165, 1.54) is 0 Å². The zero-order chi connectivity index (χ0) is 9.97. The second-order valence-electron chi connectivity index (χ2n) is 3.94.